The van der Waals surface area contributed by atoms with Gasteiger partial charge in [0.15, 0.2) is 5.69 Å². The molecule has 2 fully saturated rings. The van der Waals surface area contributed by atoms with Gasteiger partial charge in [-0.2, -0.15) is 4.37 Å². The quantitative estimate of drug-likeness (QED) is 0.649. The van der Waals surface area contributed by atoms with Gasteiger partial charge in [0.25, 0.3) is 11.8 Å². The van der Waals surface area contributed by atoms with Gasteiger partial charge < -0.3 is 21.7 Å². The number of hydrogen-bond donors (Lipinski definition) is 3. The fourth-order valence-corrected chi connectivity index (χ4v) is 5.21. The van der Waals surface area contributed by atoms with Gasteiger partial charge in [-0.05, 0) is 44.1 Å². The lowest BCUT2D eigenvalue weighted by atomic mass is 9.92. The Morgan fingerprint density at radius 1 is 1.07 bits per heavy atom. The molecule has 29 heavy (non-hydrogen) atoms. The van der Waals surface area contributed by atoms with Gasteiger partial charge in [-0.1, -0.05) is 38.5 Å². The van der Waals surface area contributed by atoms with Crippen molar-refractivity contribution in [2.45, 2.75) is 89.3 Å². The zero-order chi connectivity index (χ0) is 21.0. The van der Waals surface area contributed by atoms with Crippen molar-refractivity contribution in [2.24, 2.45) is 5.73 Å². The number of carbonyl (C=O) groups excluding carboxylic acids is 3. The molecular weight excluding hydrogens is 390 g/mol. The average Bonchev–Trinajstić information content (AvgIpc) is 3.11. The van der Waals surface area contributed by atoms with Crippen LogP contribution in [-0.4, -0.2) is 45.1 Å². The summed E-state index contributed by atoms with van der Waals surface area (Å²) in [6, 6.07) is -0.468. The highest BCUT2D eigenvalue weighted by Gasteiger charge is 2.36. The highest BCUT2D eigenvalue weighted by atomic mass is 32.1. The van der Waals surface area contributed by atoms with Crippen LogP contribution >= 0.6 is 11.5 Å². The summed E-state index contributed by atoms with van der Waals surface area (Å²) >= 11 is 0.871. The SMILES string of the molecule is CC(C(=O)NC1CCCCC1)N(C(=O)c1snc(C(N)=O)c1N)C1CCCCC1. The van der Waals surface area contributed by atoms with Crippen LogP contribution in [0.5, 0.6) is 0 Å². The molecule has 9 heteroatoms. The minimum absolute atomic E-state index is 0.00759. The number of nitrogen functional groups attached to an aromatic ring is 1. The molecule has 1 unspecified atom stereocenters. The number of nitrogens with two attached hydrogens (primary N) is 2. The van der Waals surface area contributed by atoms with E-state index in [0.29, 0.717) is 0 Å². The first kappa shape index (κ1) is 21.5. The Balaban J connectivity index is 1.82. The molecular formula is C20H31N5O3S. The zero-order valence-electron chi connectivity index (χ0n) is 17.0. The second kappa shape index (κ2) is 9.56. The number of carbonyl (C=O) groups is 3. The van der Waals surface area contributed by atoms with Crippen molar-refractivity contribution in [2.75, 3.05) is 5.73 Å². The third-order valence-corrected chi connectivity index (χ3v) is 6.96. The number of aromatic nitrogens is 1. The van der Waals surface area contributed by atoms with Gasteiger partial charge in [0, 0.05) is 12.1 Å². The van der Waals surface area contributed by atoms with Crippen molar-refractivity contribution in [3.05, 3.63) is 10.6 Å². The predicted molar refractivity (Wildman–Crippen MR) is 113 cm³/mol. The van der Waals surface area contributed by atoms with Crippen LogP contribution in [0.15, 0.2) is 0 Å². The lowest BCUT2D eigenvalue weighted by molar-refractivity contribution is -0.127. The Kier molecular flexibility index (Phi) is 7.10. The molecule has 5 N–H and O–H groups in total. The molecule has 8 nitrogen and oxygen atoms in total. The molecule has 1 atom stereocenters. The fraction of sp³-hybridized carbons (Fsp3) is 0.700. The number of nitrogens with zero attached hydrogens (tertiary/aromatic N) is 2. The van der Waals surface area contributed by atoms with Crippen LogP contribution in [0.1, 0.15) is 91.3 Å². The highest BCUT2D eigenvalue weighted by molar-refractivity contribution is 7.09. The molecule has 0 saturated heterocycles. The largest absolute Gasteiger partial charge is 0.395 e. The molecule has 3 rings (SSSR count). The van der Waals surface area contributed by atoms with Crippen LogP contribution in [0, 0.1) is 0 Å². The molecule has 0 spiro atoms. The monoisotopic (exact) mass is 421 g/mol. The number of nitrogens with one attached hydrogen (secondary N) is 1. The summed E-state index contributed by atoms with van der Waals surface area (Å²) in [7, 11) is 0. The van der Waals surface area contributed by atoms with E-state index in [9.17, 15) is 14.4 Å². The average molecular weight is 422 g/mol. The second-order valence-corrected chi connectivity index (χ2v) is 8.94. The lowest BCUT2D eigenvalue weighted by Crippen LogP contribution is -2.54. The molecule has 1 aromatic rings. The number of rotatable bonds is 6. The molecule has 0 radical (unpaired) electrons. The summed E-state index contributed by atoms with van der Waals surface area (Å²) in [5.41, 5.74) is 11.2. The third kappa shape index (κ3) is 4.88. The molecule has 2 aliphatic rings. The van der Waals surface area contributed by atoms with Gasteiger partial charge in [0.1, 0.15) is 10.9 Å². The summed E-state index contributed by atoms with van der Waals surface area (Å²) in [4.78, 5) is 39.8. The zero-order valence-corrected chi connectivity index (χ0v) is 17.8. The maximum absolute atomic E-state index is 13.4. The number of primary amides is 1. The van der Waals surface area contributed by atoms with E-state index in [1.807, 2.05) is 0 Å². The van der Waals surface area contributed by atoms with Crippen molar-refractivity contribution >= 4 is 34.9 Å². The van der Waals surface area contributed by atoms with Crippen LogP contribution in [0.4, 0.5) is 5.69 Å². The summed E-state index contributed by atoms with van der Waals surface area (Å²) in [5, 5.41) is 3.13. The van der Waals surface area contributed by atoms with Gasteiger partial charge in [-0.25, -0.2) is 0 Å². The molecule has 160 valence electrons. The maximum atomic E-state index is 13.4. The lowest BCUT2D eigenvalue weighted by Gasteiger charge is -2.38. The molecule has 2 saturated carbocycles. The van der Waals surface area contributed by atoms with Crippen LogP contribution in [0.2, 0.25) is 0 Å². The van der Waals surface area contributed by atoms with E-state index in [0.717, 1.165) is 69.3 Å². The minimum atomic E-state index is -0.759. The normalized spacial score (nSPS) is 19.5. The van der Waals surface area contributed by atoms with Crippen LogP contribution in [0.25, 0.3) is 0 Å². The molecule has 1 heterocycles. The Morgan fingerprint density at radius 3 is 2.21 bits per heavy atom. The van der Waals surface area contributed by atoms with Crippen LogP contribution < -0.4 is 16.8 Å². The fourth-order valence-electron chi connectivity index (χ4n) is 4.46. The van der Waals surface area contributed by atoms with E-state index in [2.05, 4.69) is 9.69 Å². The Labute approximate surface area is 175 Å². The Hall–Kier alpha value is -2.16. The van der Waals surface area contributed by atoms with Gasteiger partial charge in [-0.3, -0.25) is 14.4 Å². The standard InChI is InChI=1S/C20H31N5O3S/c1-12(19(27)23-13-8-4-2-5-9-13)25(14-10-6-3-7-11-14)20(28)17-15(21)16(18(22)26)24-29-17/h12-14H,2-11,21H2,1H3,(H2,22,26)(H,23,27). The van der Waals surface area contributed by atoms with E-state index in [1.54, 1.807) is 11.8 Å². The topological polar surface area (TPSA) is 131 Å². The summed E-state index contributed by atoms with van der Waals surface area (Å²) in [5.74, 6) is -1.23. The van der Waals surface area contributed by atoms with Crippen molar-refractivity contribution in [3.8, 4) is 0 Å². The second-order valence-electron chi connectivity index (χ2n) is 8.16. The van der Waals surface area contributed by atoms with Gasteiger partial charge >= 0.3 is 0 Å². The minimum Gasteiger partial charge on any atom is -0.395 e. The summed E-state index contributed by atoms with van der Waals surface area (Å²) in [6.07, 6.45) is 10.3. The third-order valence-electron chi connectivity index (χ3n) is 6.11. The van der Waals surface area contributed by atoms with Crippen molar-refractivity contribution in [1.29, 1.82) is 0 Å². The van der Waals surface area contributed by atoms with Gasteiger partial charge in [0.05, 0.1) is 5.69 Å². The first-order valence-electron chi connectivity index (χ1n) is 10.6. The number of anilines is 1. The van der Waals surface area contributed by atoms with Crippen molar-refractivity contribution in [3.63, 3.8) is 0 Å². The summed E-state index contributed by atoms with van der Waals surface area (Å²) < 4.78 is 3.96. The van der Waals surface area contributed by atoms with Gasteiger partial charge in [-0.15, -0.1) is 0 Å². The maximum Gasteiger partial charge on any atom is 0.270 e. The van der Waals surface area contributed by atoms with E-state index >= 15 is 0 Å². The summed E-state index contributed by atoms with van der Waals surface area (Å²) in [6.45, 7) is 1.77. The number of hydrogen-bond acceptors (Lipinski definition) is 6. The first-order valence-corrected chi connectivity index (χ1v) is 11.4. The highest BCUT2D eigenvalue weighted by Crippen LogP contribution is 2.30. The van der Waals surface area contributed by atoms with E-state index < -0.39 is 11.9 Å². The van der Waals surface area contributed by atoms with Gasteiger partial charge in [0.2, 0.25) is 5.91 Å². The van der Waals surface area contributed by atoms with Crippen molar-refractivity contribution in [1.82, 2.24) is 14.6 Å². The molecule has 3 amide bonds. The smallest absolute Gasteiger partial charge is 0.270 e. The van der Waals surface area contributed by atoms with Crippen LogP contribution in [-0.2, 0) is 4.79 Å². The first-order chi connectivity index (χ1) is 13.9. The predicted octanol–water partition coefficient (Wildman–Crippen LogP) is 2.44. The van der Waals surface area contributed by atoms with E-state index in [-0.39, 0.29) is 40.2 Å². The molecule has 0 aromatic carbocycles. The van der Waals surface area contributed by atoms with Crippen molar-refractivity contribution < 1.29 is 14.4 Å². The molecule has 0 aliphatic heterocycles. The van der Waals surface area contributed by atoms with E-state index in [4.69, 9.17) is 11.5 Å². The number of amides is 3. The van der Waals surface area contributed by atoms with Crippen LogP contribution in [0.3, 0.4) is 0 Å². The molecule has 2 aliphatic carbocycles. The molecule has 0 bridgehead atoms. The van der Waals surface area contributed by atoms with E-state index in [1.165, 1.54) is 6.42 Å². The Bertz CT molecular complexity index is 753. The molecule has 1 aromatic heterocycles. The Morgan fingerprint density at radius 2 is 1.66 bits per heavy atom.